The second kappa shape index (κ2) is 7.93. The minimum absolute atomic E-state index is 0.183. The van der Waals surface area contributed by atoms with E-state index in [9.17, 15) is 18.0 Å². The first-order valence-corrected chi connectivity index (χ1v) is 6.03. The molecule has 0 saturated carbocycles. The van der Waals surface area contributed by atoms with E-state index in [4.69, 9.17) is 11.6 Å². The number of hydrogen-bond acceptors (Lipinski definition) is 1. The Bertz CT molecular complexity index is 204. The molecule has 0 saturated heterocycles. The summed E-state index contributed by atoms with van der Waals surface area (Å²) in [6.45, 7) is 2.08. The molecule has 0 rings (SSSR count). The lowest BCUT2D eigenvalue weighted by atomic mass is 10.0. The van der Waals surface area contributed by atoms with Crippen molar-refractivity contribution in [2.75, 3.05) is 0 Å². The first-order valence-electron chi connectivity index (χ1n) is 5.65. The third-order valence-electron chi connectivity index (χ3n) is 2.52. The van der Waals surface area contributed by atoms with E-state index in [1.807, 2.05) is 0 Å². The summed E-state index contributed by atoms with van der Waals surface area (Å²) in [4.78, 5) is 10.6. The molecule has 0 fully saturated rings. The van der Waals surface area contributed by atoms with Crippen molar-refractivity contribution in [3.63, 3.8) is 0 Å². The van der Waals surface area contributed by atoms with Crippen LogP contribution in [0.4, 0.5) is 13.2 Å². The van der Waals surface area contributed by atoms with Crippen LogP contribution >= 0.6 is 11.6 Å². The predicted octanol–water partition coefficient (Wildman–Crippen LogP) is 4.68. The van der Waals surface area contributed by atoms with Gasteiger partial charge in [0.25, 0.3) is 0 Å². The van der Waals surface area contributed by atoms with Crippen molar-refractivity contribution in [3.8, 4) is 0 Å². The molecule has 0 aliphatic carbocycles. The first-order chi connectivity index (χ1) is 7.39. The molecule has 0 radical (unpaired) electrons. The van der Waals surface area contributed by atoms with Gasteiger partial charge in [-0.3, -0.25) is 4.79 Å². The van der Waals surface area contributed by atoms with E-state index in [-0.39, 0.29) is 6.42 Å². The minimum atomic E-state index is -4.50. The number of halogens is 4. The Morgan fingerprint density at radius 3 is 2.06 bits per heavy atom. The fraction of sp³-hybridized carbons (Fsp3) is 0.909. The molecule has 1 unspecified atom stereocenters. The molecule has 1 atom stereocenters. The monoisotopic (exact) mass is 258 g/mol. The third kappa shape index (κ3) is 7.09. The Balaban J connectivity index is 3.75. The van der Waals surface area contributed by atoms with E-state index in [0.29, 0.717) is 6.42 Å². The summed E-state index contributed by atoms with van der Waals surface area (Å²) in [5.74, 6) is -1.99. The highest BCUT2D eigenvalue weighted by Crippen LogP contribution is 2.32. The van der Waals surface area contributed by atoms with Gasteiger partial charge in [0, 0.05) is 0 Å². The van der Waals surface area contributed by atoms with Crippen LogP contribution in [0.15, 0.2) is 0 Å². The predicted molar refractivity (Wildman–Crippen MR) is 58.4 cm³/mol. The average Bonchev–Trinajstić information content (AvgIpc) is 2.13. The molecular weight excluding hydrogens is 241 g/mol. The average molecular weight is 259 g/mol. The molecule has 0 N–H and O–H groups in total. The number of alkyl halides is 3. The Hall–Kier alpha value is -0.250. The molecule has 0 aromatic rings. The van der Waals surface area contributed by atoms with E-state index in [2.05, 4.69) is 6.92 Å². The van der Waals surface area contributed by atoms with Crippen molar-refractivity contribution in [1.29, 1.82) is 0 Å². The van der Waals surface area contributed by atoms with Crippen LogP contribution in [0.5, 0.6) is 0 Å². The Labute approximate surface area is 99.4 Å². The molecule has 0 spiro atoms. The molecule has 0 aliphatic rings. The van der Waals surface area contributed by atoms with Crippen molar-refractivity contribution in [2.45, 2.75) is 58.0 Å². The van der Waals surface area contributed by atoms with Crippen LogP contribution < -0.4 is 0 Å². The van der Waals surface area contributed by atoms with Crippen molar-refractivity contribution in [2.24, 2.45) is 5.92 Å². The van der Waals surface area contributed by atoms with Crippen LogP contribution in [0.3, 0.4) is 0 Å². The molecule has 5 heteroatoms. The van der Waals surface area contributed by atoms with E-state index in [0.717, 1.165) is 32.1 Å². The zero-order chi connectivity index (χ0) is 12.6. The van der Waals surface area contributed by atoms with Crippen LogP contribution in [-0.4, -0.2) is 11.4 Å². The highest BCUT2D eigenvalue weighted by Gasteiger charge is 2.43. The van der Waals surface area contributed by atoms with E-state index < -0.39 is 17.3 Å². The summed E-state index contributed by atoms with van der Waals surface area (Å²) >= 11 is 4.93. The maximum atomic E-state index is 12.3. The molecule has 0 aromatic heterocycles. The van der Waals surface area contributed by atoms with Gasteiger partial charge < -0.3 is 0 Å². The molecule has 16 heavy (non-hydrogen) atoms. The lowest BCUT2D eigenvalue weighted by Crippen LogP contribution is -2.27. The summed E-state index contributed by atoms with van der Waals surface area (Å²) in [7, 11) is 0. The fourth-order valence-electron chi connectivity index (χ4n) is 1.53. The number of rotatable bonds is 8. The second-order valence-electron chi connectivity index (χ2n) is 3.95. The maximum Gasteiger partial charge on any atom is 0.399 e. The number of carbonyl (C=O) groups is 1. The van der Waals surface area contributed by atoms with Gasteiger partial charge in [-0.1, -0.05) is 45.4 Å². The molecule has 0 heterocycles. The van der Waals surface area contributed by atoms with Crippen LogP contribution in [0.25, 0.3) is 0 Å². The normalized spacial score (nSPS) is 13.8. The number of carbonyl (C=O) groups excluding carboxylic acids is 1. The van der Waals surface area contributed by atoms with Crippen LogP contribution in [0, 0.1) is 5.92 Å². The van der Waals surface area contributed by atoms with Crippen LogP contribution in [-0.2, 0) is 4.79 Å². The molecule has 1 nitrogen and oxygen atoms in total. The molecule has 0 bridgehead atoms. The summed E-state index contributed by atoms with van der Waals surface area (Å²) < 4.78 is 36.9. The van der Waals surface area contributed by atoms with Gasteiger partial charge in [0.2, 0.25) is 5.24 Å². The largest absolute Gasteiger partial charge is 0.399 e. The molecule has 0 amide bonds. The van der Waals surface area contributed by atoms with Crippen molar-refractivity contribution in [1.82, 2.24) is 0 Å². The van der Waals surface area contributed by atoms with Crippen molar-refractivity contribution in [3.05, 3.63) is 0 Å². The van der Waals surface area contributed by atoms with E-state index >= 15 is 0 Å². The zero-order valence-corrected chi connectivity index (χ0v) is 10.2. The fourth-order valence-corrected chi connectivity index (χ4v) is 1.77. The molecule has 96 valence electrons. The van der Waals surface area contributed by atoms with Crippen molar-refractivity contribution < 1.29 is 18.0 Å². The SMILES string of the molecule is CCCCCCCCC(C(=O)Cl)C(F)(F)F. The van der Waals surface area contributed by atoms with Gasteiger partial charge in [0.15, 0.2) is 0 Å². The summed E-state index contributed by atoms with van der Waals surface area (Å²) in [6, 6.07) is 0. The lowest BCUT2D eigenvalue weighted by molar-refractivity contribution is -0.178. The Morgan fingerprint density at radius 2 is 1.62 bits per heavy atom. The molecular formula is C11H18ClF3O. The molecule has 0 aromatic carbocycles. The third-order valence-corrected chi connectivity index (χ3v) is 2.78. The van der Waals surface area contributed by atoms with E-state index in [1.165, 1.54) is 0 Å². The standard InChI is InChI=1S/C11H18ClF3O/c1-2-3-4-5-6-7-8-9(10(12)16)11(13,14)15/h9H,2-8H2,1H3. The van der Waals surface area contributed by atoms with Gasteiger partial charge in [-0.05, 0) is 18.0 Å². The van der Waals surface area contributed by atoms with Gasteiger partial charge in [0.1, 0.15) is 5.92 Å². The van der Waals surface area contributed by atoms with Gasteiger partial charge in [-0.25, -0.2) is 0 Å². The van der Waals surface area contributed by atoms with Gasteiger partial charge in [-0.15, -0.1) is 0 Å². The smallest absolute Gasteiger partial charge is 0.281 e. The van der Waals surface area contributed by atoms with Gasteiger partial charge >= 0.3 is 6.18 Å². The maximum absolute atomic E-state index is 12.3. The highest BCUT2D eigenvalue weighted by atomic mass is 35.5. The first kappa shape index (κ1) is 15.8. The van der Waals surface area contributed by atoms with Crippen molar-refractivity contribution >= 4 is 16.8 Å². The van der Waals surface area contributed by atoms with E-state index in [1.54, 1.807) is 0 Å². The Kier molecular flexibility index (Phi) is 7.81. The van der Waals surface area contributed by atoms with Gasteiger partial charge in [-0.2, -0.15) is 13.2 Å². The van der Waals surface area contributed by atoms with Crippen LogP contribution in [0.1, 0.15) is 51.9 Å². The number of unbranched alkanes of at least 4 members (excludes halogenated alkanes) is 5. The van der Waals surface area contributed by atoms with Gasteiger partial charge in [0.05, 0.1) is 0 Å². The summed E-state index contributed by atoms with van der Waals surface area (Å²) in [5, 5.41) is -1.29. The highest BCUT2D eigenvalue weighted by molar-refractivity contribution is 6.64. The second-order valence-corrected chi connectivity index (χ2v) is 4.33. The zero-order valence-electron chi connectivity index (χ0n) is 9.45. The van der Waals surface area contributed by atoms with Crippen LogP contribution in [0.2, 0.25) is 0 Å². The lowest BCUT2D eigenvalue weighted by Gasteiger charge is -2.15. The topological polar surface area (TPSA) is 17.1 Å². The summed E-state index contributed by atoms with van der Waals surface area (Å²) in [6.07, 6.45) is 0.642. The summed E-state index contributed by atoms with van der Waals surface area (Å²) in [5.41, 5.74) is 0. The quantitative estimate of drug-likeness (QED) is 0.456. The Morgan fingerprint density at radius 1 is 1.12 bits per heavy atom. The molecule has 0 aliphatic heterocycles. The number of hydrogen-bond donors (Lipinski definition) is 0. The minimum Gasteiger partial charge on any atom is -0.281 e.